The summed E-state index contributed by atoms with van der Waals surface area (Å²) in [4.78, 5) is 8.28. The number of nitrogens with one attached hydrogen (secondary N) is 1. The van der Waals surface area contributed by atoms with E-state index in [0.29, 0.717) is 32.1 Å². The normalized spacial score (nSPS) is 14.5. The fraction of sp³-hybridized carbons (Fsp3) is 0.350. The van der Waals surface area contributed by atoms with Gasteiger partial charge in [0.25, 0.3) is 0 Å². The summed E-state index contributed by atoms with van der Waals surface area (Å²) in [6, 6.07) is 11.0. The lowest BCUT2D eigenvalue weighted by Gasteiger charge is -2.37. The zero-order valence-electron chi connectivity index (χ0n) is 16.4. The molecule has 0 saturated carbocycles. The highest BCUT2D eigenvalue weighted by Crippen LogP contribution is 2.27. The maximum atomic E-state index is 14.1. The van der Waals surface area contributed by atoms with E-state index in [2.05, 4.69) is 19.9 Å². The van der Waals surface area contributed by atoms with Crippen molar-refractivity contribution in [3.05, 3.63) is 53.8 Å². The number of hydrogen-bond donors (Lipinski definition) is 2. The van der Waals surface area contributed by atoms with Crippen LogP contribution in [-0.2, 0) is 6.54 Å². The summed E-state index contributed by atoms with van der Waals surface area (Å²) in [6.07, 6.45) is 0. The molecule has 1 heterocycles. The molecule has 0 spiro atoms. The molecule has 1 fully saturated rings. The summed E-state index contributed by atoms with van der Waals surface area (Å²) < 4.78 is 43.7. The molecule has 6 nitrogen and oxygen atoms in total. The molecule has 164 valence electrons. The number of aliphatic imine (C=N–C) groups is 1. The van der Waals surface area contributed by atoms with Crippen molar-refractivity contribution in [1.82, 2.24) is 10.2 Å². The van der Waals surface area contributed by atoms with Crippen molar-refractivity contribution in [2.75, 3.05) is 38.1 Å². The third-order valence-electron chi connectivity index (χ3n) is 4.73. The molecule has 0 aliphatic carbocycles. The van der Waals surface area contributed by atoms with Gasteiger partial charge in [-0.25, -0.2) is 4.39 Å². The summed E-state index contributed by atoms with van der Waals surface area (Å²) in [5.41, 5.74) is 0.789. The number of halogens is 4. The summed E-state index contributed by atoms with van der Waals surface area (Å²) in [7, 11) is 1.61. The number of alkyl halides is 2. The van der Waals surface area contributed by atoms with Gasteiger partial charge < -0.3 is 25.0 Å². The van der Waals surface area contributed by atoms with Crippen LogP contribution in [0.25, 0.3) is 0 Å². The highest BCUT2D eigenvalue weighted by Gasteiger charge is 2.22. The topological polar surface area (TPSA) is 60.3 Å². The Kier molecular flexibility index (Phi) is 8.88. The molecule has 0 atom stereocenters. The number of aromatic hydroxyl groups is 1. The van der Waals surface area contributed by atoms with Gasteiger partial charge in [0.15, 0.2) is 5.96 Å². The van der Waals surface area contributed by atoms with Gasteiger partial charge in [-0.05, 0) is 24.3 Å². The summed E-state index contributed by atoms with van der Waals surface area (Å²) in [5.74, 6) is -0.0643. The van der Waals surface area contributed by atoms with Crippen molar-refractivity contribution in [2.45, 2.75) is 13.2 Å². The minimum Gasteiger partial charge on any atom is -0.506 e. The molecule has 0 radical (unpaired) electrons. The number of phenolic OH excluding ortho intramolecular Hbond substituents is 1. The molecule has 1 aliphatic rings. The Bertz CT molecular complexity index is 862. The van der Waals surface area contributed by atoms with Crippen LogP contribution in [-0.4, -0.2) is 55.8 Å². The van der Waals surface area contributed by atoms with Gasteiger partial charge in [0.05, 0.1) is 5.69 Å². The molecule has 2 aromatic carbocycles. The fourth-order valence-corrected chi connectivity index (χ4v) is 3.31. The van der Waals surface area contributed by atoms with Crippen LogP contribution in [0, 0.1) is 5.82 Å². The summed E-state index contributed by atoms with van der Waals surface area (Å²) in [5, 5.41) is 13.0. The molecular formula is C20H24F3IN4O2. The second kappa shape index (κ2) is 11.1. The van der Waals surface area contributed by atoms with Gasteiger partial charge >= 0.3 is 6.61 Å². The van der Waals surface area contributed by atoms with Gasteiger partial charge in [0, 0.05) is 45.3 Å². The Balaban J connectivity index is 0.00000320. The Morgan fingerprint density at radius 2 is 1.83 bits per heavy atom. The number of ether oxygens (including phenoxy) is 1. The second-order valence-electron chi connectivity index (χ2n) is 6.46. The maximum Gasteiger partial charge on any atom is 0.387 e. The van der Waals surface area contributed by atoms with Gasteiger partial charge in [0.2, 0.25) is 0 Å². The van der Waals surface area contributed by atoms with Crippen LogP contribution in [0.2, 0.25) is 0 Å². The van der Waals surface area contributed by atoms with Gasteiger partial charge in [-0.15, -0.1) is 24.0 Å². The van der Waals surface area contributed by atoms with Gasteiger partial charge in [-0.3, -0.25) is 4.99 Å². The Hall–Kier alpha value is -2.37. The van der Waals surface area contributed by atoms with E-state index in [9.17, 15) is 18.3 Å². The molecule has 2 aromatic rings. The monoisotopic (exact) mass is 536 g/mol. The molecule has 10 heteroatoms. The summed E-state index contributed by atoms with van der Waals surface area (Å²) >= 11 is 0. The van der Waals surface area contributed by atoms with Crippen LogP contribution in [0.4, 0.5) is 18.9 Å². The maximum absolute atomic E-state index is 14.1. The van der Waals surface area contributed by atoms with E-state index in [1.807, 2.05) is 17.0 Å². The SMILES string of the molecule is CN=C(NCc1c(F)cccc1OC(F)F)N1CCN(c2ccccc2O)CC1.I. The first kappa shape index (κ1) is 23.9. The first-order valence-corrected chi connectivity index (χ1v) is 9.20. The Labute approximate surface area is 190 Å². The first-order valence-electron chi connectivity index (χ1n) is 9.20. The number of para-hydroxylation sites is 2. The van der Waals surface area contributed by atoms with Crippen molar-refractivity contribution < 1.29 is 23.0 Å². The lowest BCUT2D eigenvalue weighted by atomic mass is 10.2. The quantitative estimate of drug-likeness (QED) is 0.347. The van der Waals surface area contributed by atoms with Crippen LogP contribution in [0.5, 0.6) is 11.5 Å². The molecule has 1 aliphatic heterocycles. The lowest BCUT2D eigenvalue weighted by molar-refractivity contribution is -0.0506. The van der Waals surface area contributed by atoms with E-state index in [1.165, 1.54) is 18.2 Å². The average molecular weight is 536 g/mol. The van der Waals surface area contributed by atoms with Gasteiger partial charge in [-0.1, -0.05) is 18.2 Å². The van der Waals surface area contributed by atoms with E-state index in [0.717, 1.165) is 5.69 Å². The van der Waals surface area contributed by atoms with E-state index >= 15 is 0 Å². The van der Waals surface area contributed by atoms with E-state index in [4.69, 9.17) is 0 Å². The highest BCUT2D eigenvalue weighted by atomic mass is 127. The zero-order valence-corrected chi connectivity index (χ0v) is 18.7. The van der Waals surface area contributed by atoms with E-state index in [-0.39, 0.29) is 47.6 Å². The number of hydrogen-bond acceptors (Lipinski definition) is 4. The van der Waals surface area contributed by atoms with Crippen molar-refractivity contribution >= 4 is 35.6 Å². The van der Waals surface area contributed by atoms with Crippen molar-refractivity contribution in [3.8, 4) is 11.5 Å². The van der Waals surface area contributed by atoms with Crippen LogP contribution in [0.15, 0.2) is 47.5 Å². The second-order valence-corrected chi connectivity index (χ2v) is 6.46. The minimum atomic E-state index is -3.03. The van der Waals surface area contributed by atoms with Crippen LogP contribution < -0.4 is 15.0 Å². The first-order chi connectivity index (χ1) is 14.0. The highest BCUT2D eigenvalue weighted by molar-refractivity contribution is 14.0. The fourth-order valence-electron chi connectivity index (χ4n) is 3.31. The average Bonchev–Trinajstić information content (AvgIpc) is 2.71. The molecular weight excluding hydrogens is 512 g/mol. The third kappa shape index (κ3) is 5.83. The van der Waals surface area contributed by atoms with Crippen LogP contribution >= 0.6 is 24.0 Å². The lowest BCUT2D eigenvalue weighted by Crippen LogP contribution is -2.52. The number of guanidine groups is 1. The summed E-state index contributed by atoms with van der Waals surface area (Å²) in [6.45, 7) is -0.481. The smallest absolute Gasteiger partial charge is 0.387 e. The Morgan fingerprint density at radius 3 is 2.47 bits per heavy atom. The van der Waals surface area contributed by atoms with Crippen molar-refractivity contribution in [3.63, 3.8) is 0 Å². The predicted molar refractivity (Wildman–Crippen MR) is 121 cm³/mol. The number of piperazine rings is 1. The molecule has 1 saturated heterocycles. The molecule has 0 aromatic heterocycles. The molecule has 30 heavy (non-hydrogen) atoms. The van der Waals surface area contributed by atoms with Crippen LogP contribution in [0.1, 0.15) is 5.56 Å². The molecule has 0 bridgehead atoms. The van der Waals surface area contributed by atoms with Crippen molar-refractivity contribution in [1.29, 1.82) is 0 Å². The number of nitrogens with zero attached hydrogens (tertiary/aromatic N) is 3. The van der Waals surface area contributed by atoms with E-state index in [1.54, 1.807) is 19.2 Å². The van der Waals surface area contributed by atoms with Gasteiger partial charge in [0.1, 0.15) is 17.3 Å². The van der Waals surface area contributed by atoms with E-state index < -0.39 is 12.4 Å². The van der Waals surface area contributed by atoms with Gasteiger partial charge in [-0.2, -0.15) is 8.78 Å². The predicted octanol–water partition coefficient (Wildman–Crippen LogP) is 3.65. The number of phenols is 1. The minimum absolute atomic E-state index is 0. The standard InChI is InChI=1S/C20H23F3N4O2.HI/c1-24-20(25-13-14-15(21)5-4-8-18(14)29-19(22)23)27-11-9-26(10-12-27)16-6-2-3-7-17(16)28;/h2-8,19,28H,9-13H2,1H3,(H,24,25);1H. The molecule has 3 rings (SSSR count). The number of benzene rings is 2. The number of rotatable bonds is 5. The largest absolute Gasteiger partial charge is 0.506 e. The zero-order chi connectivity index (χ0) is 20.8. The van der Waals surface area contributed by atoms with Crippen molar-refractivity contribution in [2.24, 2.45) is 4.99 Å². The molecule has 0 amide bonds. The Morgan fingerprint density at radius 1 is 1.13 bits per heavy atom. The number of anilines is 1. The third-order valence-corrected chi connectivity index (χ3v) is 4.73. The molecule has 0 unspecified atom stereocenters. The van der Waals surface area contributed by atoms with Crippen LogP contribution in [0.3, 0.4) is 0 Å². The molecule has 2 N–H and O–H groups in total.